The Morgan fingerprint density at radius 2 is 1.69 bits per heavy atom. The average Bonchev–Trinajstić information content (AvgIpc) is 3.12. The molecule has 3 aromatic rings. The number of nitrogens with zero attached hydrogens (tertiary/aromatic N) is 1. The van der Waals surface area contributed by atoms with Crippen LogP contribution < -0.4 is 5.32 Å². The van der Waals surface area contributed by atoms with Gasteiger partial charge in [0.1, 0.15) is 11.3 Å². The predicted molar refractivity (Wildman–Crippen MR) is 111 cm³/mol. The second-order valence-electron chi connectivity index (χ2n) is 7.44. The number of hydrogen-bond acceptors (Lipinski definition) is 4. The number of amides is 2. The van der Waals surface area contributed by atoms with Crippen molar-refractivity contribution < 1.29 is 18.7 Å². The van der Waals surface area contributed by atoms with Gasteiger partial charge in [-0.15, -0.1) is 0 Å². The molecule has 0 saturated carbocycles. The van der Waals surface area contributed by atoms with Crippen LogP contribution in [0.25, 0.3) is 11.0 Å². The van der Waals surface area contributed by atoms with Crippen LogP contribution in [0, 0.1) is 0 Å². The molecule has 0 spiro atoms. The van der Waals surface area contributed by atoms with Gasteiger partial charge in [-0.3, -0.25) is 9.59 Å². The fourth-order valence-corrected chi connectivity index (χ4v) is 3.44. The third-order valence-electron chi connectivity index (χ3n) is 5.17. The van der Waals surface area contributed by atoms with Crippen molar-refractivity contribution >= 4 is 28.5 Å². The Kier molecular flexibility index (Phi) is 5.36. The molecule has 1 saturated heterocycles. The molecule has 0 aliphatic carbocycles. The second kappa shape index (κ2) is 8.09. The summed E-state index contributed by atoms with van der Waals surface area (Å²) in [6.07, 6.45) is 0. The van der Waals surface area contributed by atoms with Crippen molar-refractivity contribution in [1.29, 1.82) is 0 Å². The molecule has 0 unspecified atom stereocenters. The van der Waals surface area contributed by atoms with E-state index in [2.05, 4.69) is 19.2 Å². The van der Waals surface area contributed by atoms with Crippen LogP contribution in [-0.2, 0) is 4.74 Å². The molecule has 1 fully saturated rings. The number of rotatable bonds is 4. The molecule has 150 valence electrons. The van der Waals surface area contributed by atoms with Crippen LogP contribution in [-0.4, -0.2) is 43.0 Å². The van der Waals surface area contributed by atoms with Gasteiger partial charge in [-0.2, -0.15) is 0 Å². The first-order valence-corrected chi connectivity index (χ1v) is 9.84. The Morgan fingerprint density at radius 3 is 2.38 bits per heavy atom. The summed E-state index contributed by atoms with van der Waals surface area (Å²) >= 11 is 0. The number of hydrogen-bond donors (Lipinski definition) is 1. The number of morpholine rings is 1. The number of anilines is 1. The normalized spacial score (nSPS) is 14.4. The Balaban J connectivity index is 1.66. The lowest BCUT2D eigenvalue weighted by Crippen LogP contribution is -2.40. The fourth-order valence-electron chi connectivity index (χ4n) is 3.44. The molecular weight excluding hydrogens is 368 g/mol. The highest BCUT2D eigenvalue weighted by Crippen LogP contribution is 2.32. The Labute approximate surface area is 169 Å². The lowest BCUT2D eigenvalue weighted by Gasteiger charge is -2.26. The second-order valence-corrected chi connectivity index (χ2v) is 7.44. The highest BCUT2D eigenvalue weighted by Gasteiger charge is 2.27. The minimum atomic E-state index is -0.275. The van der Waals surface area contributed by atoms with Crippen LogP contribution >= 0.6 is 0 Å². The Bertz CT molecular complexity index is 1030. The summed E-state index contributed by atoms with van der Waals surface area (Å²) in [5.41, 5.74) is 2.67. The largest absolute Gasteiger partial charge is 0.449 e. The van der Waals surface area contributed by atoms with E-state index in [9.17, 15) is 9.59 Å². The molecule has 4 rings (SSSR count). The van der Waals surface area contributed by atoms with Crippen molar-refractivity contribution in [2.75, 3.05) is 31.6 Å². The van der Waals surface area contributed by atoms with Gasteiger partial charge in [-0.05, 0) is 35.7 Å². The molecule has 2 aromatic carbocycles. The van der Waals surface area contributed by atoms with Crippen molar-refractivity contribution in [3.63, 3.8) is 0 Å². The summed E-state index contributed by atoms with van der Waals surface area (Å²) in [7, 11) is 0. The van der Waals surface area contributed by atoms with E-state index in [1.165, 1.54) is 5.56 Å². The molecule has 0 radical (unpaired) electrons. The first-order valence-electron chi connectivity index (χ1n) is 9.84. The first-order chi connectivity index (χ1) is 14.0. The van der Waals surface area contributed by atoms with Crippen LogP contribution in [0.2, 0.25) is 0 Å². The summed E-state index contributed by atoms with van der Waals surface area (Å²) in [6.45, 7) is 6.21. The third-order valence-corrected chi connectivity index (χ3v) is 5.17. The number of benzene rings is 2. The van der Waals surface area contributed by atoms with Crippen molar-refractivity contribution in [3.05, 3.63) is 65.4 Å². The van der Waals surface area contributed by atoms with Crippen molar-refractivity contribution in [2.45, 2.75) is 19.8 Å². The molecule has 2 amide bonds. The maximum Gasteiger partial charge on any atom is 0.291 e. The van der Waals surface area contributed by atoms with Crippen LogP contribution in [0.15, 0.2) is 52.9 Å². The number of para-hydroxylation sites is 1. The van der Waals surface area contributed by atoms with Crippen LogP contribution in [0.4, 0.5) is 5.69 Å². The Morgan fingerprint density at radius 1 is 1.00 bits per heavy atom. The van der Waals surface area contributed by atoms with Gasteiger partial charge in [-0.25, -0.2) is 0 Å². The standard InChI is InChI=1S/C23H24N2O4/c1-15(2)16-7-9-17(10-8-16)22(26)24-20-18-5-3-4-6-19(18)29-21(20)23(27)25-11-13-28-14-12-25/h3-10,15H,11-14H2,1-2H3,(H,24,26). The minimum Gasteiger partial charge on any atom is -0.449 e. The van der Waals surface area contributed by atoms with E-state index in [0.717, 1.165) is 0 Å². The van der Waals surface area contributed by atoms with Gasteiger partial charge in [0.15, 0.2) is 0 Å². The maximum atomic E-state index is 13.1. The first kappa shape index (κ1) is 19.2. The van der Waals surface area contributed by atoms with Gasteiger partial charge < -0.3 is 19.4 Å². The van der Waals surface area contributed by atoms with E-state index in [0.29, 0.717) is 54.4 Å². The molecule has 0 atom stereocenters. The number of carbonyl (C=O) groups excluding carboxylic acids is 2. The minimum absolute atomic E-state index is 0.153. The smallest absolute Gasteiger partial charge is 0.291 e. The quantitative estimate of drug-likeness (QED) is 0.719. The van der Waals surface area contributed by atoms with Crippen molar-refractivity contribution in [3.8, 4) is 0 Å². The van der Waals surface area contributed by atoms with Crippen LogP contribution in [0.3, 0.4) is 0 Å². The van der Waals surface area contributed by atoms with Crippen molar-refractivity contribution in [1.82, 2.24) is 4.90 Å². The van der Waals surface area contributed by atoms with E-state index in [1.807, 2.05) is 30.3 Å². The molecule has 1 aliphatic heterocycles. The molecule has 0 bridgehead atoms. The van der Waals surface area contributed by atoms with Gasteiger partial charge in [0, 0.05) is 24.0 Å². The zero-order valence-corrected chi connectivity index (χ0v) is 16.6. The fraction of sp³-hybridized carbons (Fsp3) is 0.304. The van der Waals surface area contributed by atoms with Crippen LogP contribution in [0.1, 0.15) is 46.2 Å². The number of furan rings is 1. The average molecular weight is 392 g/mol. The Hall–Kier alpha value is -3.12. The molecular formula is C23H24N2O4. The topological polar surface area (TPSA) is 71.8 Å². The molecule has 1 aromatic heterocycles. The molecule has 2 heterocycles. The molecule has 29 heavy (non-hydrogen) atoms. The number of nitrogens with one attached hydrogen (secondary N) is 1. The van der Waals surface area contributed by atoms with E-state index in [4.69, 9.17) is 9.15 Å². The maximum absolute atomic E-state index is 13.1. The summed E-state index contributed by atoms with van der Waals surface area (Å²) in [5.74, 6) is 0.0285. The van der Waals surface area contributed by atoms with Gasteiger partial charge in [0.25, 0.3) is 11.8 Å². The summed E-state index contributed by atoms with van der Waals surface area (Å²) in [5, 5.41) is 3.61. The van der Waals surface area contributed by atoms with Gasteiger partial charge in [0.2, 0.25) is 5.76 Å². The lowest BCUT2D eigenvalue weighted by molar-refractivity contribution is 0.0285. The number of carbonyl (C=O) groups is 2. The van der Waals surface area contributed by atoms with Gasteiger partial charge in [0.05, 0.1) is 13.2 Å². The van der Waals surface area contributed by atoms with E-state index >= 15 is 0 Å². The molecule has 6 heteroatoms. The number of ether oxygens (including phenoxy) is 1. The third kappa shape index (κ3) is 3.89. The van der Waals surface area contributed by atoms with Crippen LogP contribution in [0.5, 0.6) is 0 Å². The monoisotopic (exact) mass is 392 g/mol. The van der Waals surface area contributed by atoms with E-state index < -0.39 is 0 Å². The van der Waals surface area contributed by atoms with Crippen molar-refractivity contribution in [2.24, 2.45) is 0 Å². The molecule has 6 nitrogen and oxygen atoms in total. The highest BCUT2D eigenvalue weighted by atomic mass is 16.5. The highest BCUT2D eigenvalue weighted by molar-refractivity contribution is 6.14. The zero-order chi connectivity index (χ0) is 20.4. The molecule has 1 N–H and O–H groups in total. The SMILES string of the molecule is CC(C)c1ccc(C(=O)Nc2c(C(=O)N3CCOCC3)oc3ccccc23)cc1. The van der Waals surface area contributed by atoms with Gasteiger partial charge in [-0.1, -0.05) is 38.1 Å². The van der Waals surface area contributed by atoms with E-state index in [1.54, 1.807) is 23.1 Å². The summed E-state index contributed by atoms with van der Waals surface area (Å²) in [6, 6.07) is 14.8. The van der Waals surface area contributed by atoms with Gasteiger partial charge >= 0.3 is 0 Å². The molecule has 1 aliphatic rings. The number of fused-ring (bicyclic) bond motifs is 1. The summed E-state index contributed by atoms with van der Waals surface area (Å²) in [4.78, 5) is 27.6. The predicted octanol–water partition coefficient (Wildman–Crippen LogP) is 4.28. The summed E-state index contributed by atoms with van der Waals surface area (Å²) < 4.78 is 11.2. The zero-order valence-electron chi connectivity index (χ0n) is 16.6. The lowest BCUT2D eigenvalue weighted by atomic mass is 10.0. The van der Waals surface area contributed by atoms with E-state index in [-0.39, 0.29) is 17.6 Å².